The standard InChI is InChI=1S/C18H15N3O/c1-2-6-16-11-19-13-21(16)12-15-9-10-17(18(22)20-15)14-7-4-3-5-8-14/h3-5,7-11,13H,12H2,1H3,(H,20,22). The van der Waals surface area contributed by atoms with E-state index in [1.807, 2.05) is 47.0 Å². The van der Waals surface area contributed by atoms with Crippen molar-refractivity contribution in [2.45, 2.75) is 13.5 Å². The highest BCUT2D eigenvalue weighted by atomic mass is 16.1. The van der Waals surface area contributed by atoms with Crippen LogP contribution in [0.3, 0.4) is 0 Å². The Morgan fingerprint density at radius 2 is 2.00 bits per heavy atom. The molecule has 3 aromatic rings. The van der Waals surface area contributed by atoms with E-state index in [0.717, 1.165) is 17.0 Å². The van der Waals surface area contributed by atoms with Crippen LogP contribution in [0, 0.1) is 11.8 Å². The van der Waals surface area contributed by atoms with Crippen molar-refractivity contribution in [2.24, 2.45) is 0 Å². The van der Waals surface area contributed by atoms with Gasteiger partial charge in [-0.2, -0.15) is 0 Å². The Bertz CT molecular complexity index is 895. The first-order chi connectivity index (χ1) is 10.8. The van der Waals surface area contributed by atoms with Crippen LogP contribution in [0.5, 0.6) is 0 Å². The summed E-state index contributed by atoms with van der Waals surface area (Å²) in [6.45, 7) is 2.32. The average Bonchev–Trinajstić information content (AvgIpc) is 2.96. The number of rotatable bonds is 3. The maximum Gasteiger partial charge on any atom is 0.256 e. The first-order valence-corrected chi connectivity index (χ1v) is 6.98. The predicted molar refractivity (Wildman–Crippen MR) is 86.4 cm³/mol. The van der Waals surface area contributed by atoms with Gasteiger partial charge in [0.15, 0.2) is 0 Å². The number of hydrogen-bond donors (Lipinski definition) is 1. The molecule has 0 bridgehead atoms. The number of nitrogens with one attached hydrogen (secondary N) is 1. The fourth-order valence-corrected chi connectivity index (χ4v) is 2.31. The Morgan fingerprint density at radius 1 is 1.18 bits per heavy atom. The first-order valence-electron chi connectivity index (χ1n) is 6.98. The molecule has 0 aliphatic rings. The molecule has 0 aliphatic carbocycles. The van der Waals surface area contributed by atoms with E-state index in [4.69, 9.17) is 0 Å². The molecule has 4 nitrogen and oxygen atoms in total. The Labute approximate surface area is 128 Å². The van der Waals surface area contributed by atoms with Crippen LogP contribution >= 0.6 is 0 Å². The molecule has 0 saturated heterocycles. The van der Waals surface area contributed by atoms with Gasteiger partial charge in [-0.1, -0.05) is 36.3 Å². The summed E-state index contributed by atoms with van der Waals surface area (Å²) in [5.74, 6) is 5.84. The van der Waals surface area contributed by atoms with E-state index in [1.54, 1.807) is 19.4 Å². The van der Waals surface area contributed by atoms with Crippen molar-refractivity contribution in [3.63, 3.8) is 0 Å². The van der Waals surface area contributed by atoms with Crippen LogP contribution < -0.4 is 5.56 Å². The van der Waals surface area contributed by atoms with E-state index < -0.39 is 0 Å². The minimum Gasteiger partial charge on any atom is -0.324 e. The second-order valence-electron chi connectivity index (χ2n) is 4.87. The van der Waals surface area contributed by atoms with Gasteiger partial charge in [-0.15, -0.1) is 0 Å². The van der Waals surface area contributed by atoms with Gasteiger partial charge in [0.05, 0.1) is 19.1 Å². The summed E-state index contributed by atoms with van der Waals surface area (Å²) in [5.41, 5.74) is 3.14. The van der Waals surface area contributed by atoms with Crippen LogP contribution in [-0.4, -0.2) is 14.5 Å². The van der Waals surface area contributed by atoms with E-state index in [9.17, 15) is 4.79 Å². The molecule has 0 atom stereocenters. The molecule has 4 heteroatoms. The summed E-state index contributed by atoms with van der Waals surface area (Å²) < 4.78 is 1.91. The molecule has 2 aromatic heterocycles. The molecular formula is C18H15N3O. The third-order valence-corrected chi connectivity index (χ3v) is 3.36. The van der Waals surface area contributed by atoms with Gasteiger partial charge in [-0.05, 0) is 30.5 Å². The average molecular weight is 289 g/mol. The number of aromatic amines is 1. The molecule has 0 unspecified atom stereocenters. The predicted octanol–water partition coefficient (Wildman–Crippen LogP) is 2.66. The SMILES string of the molecule is CC#Cc1cncn1Cc1ccc(-c2ccccc2)c(=O)[nH]1. The Morgan fingerprint density at radius 3 is 2.73 bits per heavy atom. The number of benzene rings is 1. The van der Waals surface area contributed by atoms with E-state index >= 15 is 0 Å². The maximum absolute atomic E-state index is 12.3. The largest absolute Gasteiger partial charge is 0.324 e. The van der Waals surface area contributed by atoms with Crippen molar-refractivity contribution >= 4 is 0 Å². The Kier molecular flexibility index (Phi) is 3.88. The summed E-state index contributed by atoms with van der Waals surface area (Å²) in [6.07, 6.45) is 3.43. The molecule has 2 heterocycles. The van der Waals surface area contributed by atoms with Crippen molar-refractivity contribution in [3.05, 3.63) is 76.7 Å². The van der Waals surface area contributed by atoms with E-state index in [0.29, 0.717) is 12.1 Å². The number of hydrogen-bond acceptors (Lipinski definition) is 2. The smallest absolute Gasteiger partial charge is 0.256 e. The zero-order chi connectivity index (χ0) is 15.4. The van der Waals surface area contributed by atoms with Crippen LogP contribution in [0.25, 0.3) is 11.1 Å². The minimum absolute atomic E-state index is 0.0908. The zero-order valence-electron chi connectivity index (χ0n) is 12.2. The molecule has 22 heavy (non-hydrogen) atoms. The van der Waals surface area contributed by atoms with Gasteiger partial charge in [0, 0.05) is 11.3 Å². The second kappa shape index (κ2) is 6.15. The van der Waals surface area contributed by atoms with Crippen LogP contribution in [0.1, 0.15) is 18.3 Å². The topological polar surface area (TPSA) is 50.7 Å². The highest BCUT2D eigenvalue weighted by Gasteiger charge is 2.05. The monoisotopic (exact) mass is 289 g/mol. The lowest BCUT2D eigenvalue weighted by atomic mass is 10.1. The normalized spacial score (nSPS) is 10.0. The highest BCUT2D eigenvalue weighted by molar-refractivity contribution is 5.62. The second-order valence-corrected chi connectivity index (χ2v) is 4.87. The van der Waals surface area contributed by atoms with Gasteiger partial charge in [-0.3, -0.25) is 4.79 Å². The minimum atomic E-state index is -0.0908. The molecule has 0 amide bonds. The lowest BCUT2D eigenvalue weighted by molar-refractivity contribution is 0.761. The van der Waals surface area contributed by atoms with E-state index in [2.05, 4.69) is 21.8 Å². The van der Waals surface area contributed by atoms with E-state index in [-0.39, 0.29) is 5.56 Å². The molecule has 1 aromatic carbocycles. The quantitative estimate of drug-likeness (QED) is 0.754. The summed E-state index contributed by atoms with van der Waals surface area (Å²) in [6, 6.07) is 13.4. The highest BCUT2D eigenvalue weighted by Crippen LogP contribution is 2.14. The number of nitrogens with zero attached hydrogens (tertiary/aromatic N) is 2. The van der Waals surface area contributed by atoms with Crippen molar-refractivity contribution in [1.82, 2.24) is 14.5 Å². The number of pyridine rings is 1. The molecule has 3 rings (SSSR count). The van der Waals surface area contributed by atoms with Crippen molar-refractivity contribution in [3.8, 4) is 23.0 Å². The molecule has 0 fully saturated rings. The number of aromatic nitrogens is 3. The van der Waals surface area contributed by atoms with Crippen LogP contribution in [0.2, 0.25) is 0 Å². The number of H-pyrrole nitrogens is 1. The lowest BCUT2D eigenvalue weighted by Crippen LogP contribution is -2.13. The molecule has 0 saturated carbocycles. The Balaban J connectivity index is 1.91. The molecule has 108 valence electrons. The molecule has 0 aliphatic heterocycles. The lowest BCUT2D eigenvalue weighted by Gasteiger charge is -2.06. The summed E-state index contributed by atoms with van der Waals surface area (Å²) >= 11 is 0. The summed E-state index contributed by atoms with van der Waals surface area (Å²) in [5, 5.41) is 0. The summed E-state index contributed by atoms with van der Waals surface area (Å²) in [4.78, 5) is 19.3. The summed E-state index contributed by atoms with van der Waals surface area (Å²) in [7, 11) is 0. The fourth-order valence-electron chi connectivity index (χ4n) is 2.31. The molecule has 1 N–H and O–H groups in total. The van der Waals surface area contributed by atoms with Crippen LogP contribution in [-0.2, 0) is 6.54 Å². The van der Waals surface area contributed by atoms with Gasteiger partial charge >= 0.3 is 0 Å². The van der Waals surface area contributed by atoms with Gasteiger partial charge in [0.1, 0.15) is 5.69 Å². The van der Waals surface area contributed by atoms with Crippen LogP contribution in [0.15, 0.2) is 59.8 Å². The van der Waals surface area contributed by atoms with Gasteiger partial charge < -0.3 is 9.55 Å². The van der Waals surface area contributed by atoms with Crippen molar-refractivity contribution < 1.29 is 0 Å². The Hall–Kier alpha value is -3.06. The molecular weight excluding hydrogens is 274 g/mol. The van der Waals surface area contributed by atoms with Gasteiger partial charge in [0.25, 0.3) is 5.56 Å². The number of imidazole rings is 1. The zero-order valence-corrected chi connectivity index (χ0v) is 12.2. The van der Waals surface area contributed by atoms with Crippen molar-refractivity contribution in [1.29, 1.82) is 0 Å². The van der Waals surface area contributed by atoms with Gasteiger partial charge in [-0.25, -0.2) is 4.98 Å². The third-order valence-electron chi connectivity index (χ3n) is 3.36. The van der Waals surface area contributed by atoms with Crippen molar-refractivity contribution in [2.75, 3.05) is 0 Å². The maximum atomic E-state index is 12.3. The fraction of sp³-hybridized carbons (Fsp3) is 0.111. The molecule has 0 radical (unpaired) electrons. The first kappa shape index (κ1) is 13.9. The van der Waals surface area contributed by atoms with E-state index in [1.165, 1.54) is 0 Å². The molecule has 0 spiro atoms. The van der Waals surface area contributed by atoms with Gasteiger partial charge in [0.2, 0.25) is 0 Å². The third kappa shape index (κ3) is 2.84. The van der Waals surface area contributed by atoms with Crippen LogP contribution in [0.4, 0.5) is 0 Å².